The van der Waals surface area contributed by atoms with E-state index in [0.717, 1.165) is 5.56 Å². The Morgan fingerprint density at radius 3 is 2.60 bits per heavy atom. The highest BCUT2D eigenvalue weighted by atomic mass is 32.2. The van der Waals surface area contributed by atoms with Gasteiger partial charge in [0.15, 0.2) is 0 Å². The van der Waals surface area contributed by atoms with Gasteiger partial charge >= 0.3 is 5.97 Å². The van der Waals surface area contributed by atoms with Gasteiger partial charge in [-0.3, -0.25) is 14.9 Å². The zero-order valence-corrected chi connectivity index (χ0v) is 14.1. The quantitative estimate of drug-likeness (QED) is 0.448. The number of hydrogen-bond acceptors (Lipinski definition) is 6. The lowest BCUT2D eigenvalue weighted by atomic mass is 9.83. The third-order valence-corrected chi connectivity index (χ3v) is 5.64. The Morgan fingerprint density at radius 1 is 1.44 bits per heavy atom. The van der Waals surface area contributed by atoms with Crippen LogP contribution in [-0.2, 0) is 15.3 Å². The number of carboxylic acids is 1. The molecule has 0 saturated carbocycles. The molecule has 3 atom stereocenters. The predicted molar refractivity (Wildman–Crippen MR) is 89.5 cm³/mol. The van der Waals surface area contributed by atoms with Gasteiger partial charge in [0.05, 0.1) is 23.0 Å². The summed E-state index contributed by atoms with van der Waals surface area (Å²) in [6.45, 7) is 1.53. The normalized spacial score (nSPS) is 23.3. The van der Waals surface area contributed by atoms with Gasteiger partial charge in [0, 0.05) is 29.2 Å². The maximum atomic E-state index is 12.1. The molecule has 25 heavy (non-hydrogen) atoms. The number of nitro benzene ring substituents is 1. The first-order chi connectivity index (χ1) is 11.8. The zero-order valence-electron chi connectivity index (χ0n) is 13.3. The lowest BCUT2D eigenvalue weighted by Gasteiger charge is -2.44. The number of aliphatic hydroxyl groups is 1. The number of nitrogens with zero attached hydrogens (tertiary/aromatic N) is 2. The maximum Gasteiger partial charge on any atom is 0.353 e. The molecule has 1 aromatic rings. The molecule has 0 aliphatic carbocycles. The molecule has 0 bridgehead atoms. The molecule has 2 aliphatic rings. The highest BCUT2D eigenvalue weighted by Gasteiger charge is 2.56. The van der Waals surface area contributed by atoms with Crippen LogP contribution in [0.3, 0.4) is 0 Å². The van der Waals surface area contributed by atoms with Gasteiger partial charge in [0.1, 0.15) is 5.70 Å². The Balaban J connectivity index is 1.74. The number of carbonyl (C=O) groups is 2. The van der Waals surface area contributed by atoms with Crippen LogP contribution in [0.2, 0.25) is 0 Å². The van der Waals surface area contributed by atoms with E-state index in [2.05, 4.69) is 0 Å². The molecule has 0 radical (unpaired) electrons. The van der Waals surface area contributed by atoms with E-state index in [9.17, 15) is 29.9 Å². The predicted octanol–water partition coefficient (Wildman–Crippen LogP) is 1.74. The van der Waals surface area contributed by atoms with Gasteiger partial charge in [0.2, 0.25) is 5.91 Å². The van der Waals surface area contributed by atoms with Crippen molar-refractivity contribution in [1.29, 1.82) is 0 Å². The van der Waals surface area contributed by atoms with E-state index in [1.54, 1.807) is 12.1 Å². The van der Waals surface area contributed by atoms with E-state index in [4.69, 9.17) is 0 Å². The molecule has 0 spiro atoms. The molecule has 2 aliphatic heterocycles. The van der Waals surface area contributed by atoms with E-state index in [1.807, 2.05) is 0 Å². The summed E-state index contributed by atoms with van der Waals surface area (Å²) in [5.74, 6) is -1.64. The third-order valence-electron chi connectivity index (χ3n) is 4.45. The first-order valence-electron chi connectivity index (χ1n) is 7.65. The van der Waals surface area contributed by atoms with Crippen molar-refractivity contribution in [3.63, 3.8) is 0 Å². The molecule has 8 nitrogen and oxygen atoms in total. The molecule has 1 fully saturated rings. The van der Waals surface area contributed by atoms with Crippen LogP contribution in [0.1, 0.15) is 18.9 Å². The summed E-state index contributed by atoms with van der Waals surface area (Å²) in [4.78, 5) is 35.7. The van der Waals surface area contributed by atoms with Gasteiger partial charge in [-0.05, 0) is 12.5 Å². The number of thioether (sulfide) groups is 1. The number of β-lactam (4-membered cyclic amide) rings is 1. The number of carbonyl (C=O) groups excluding carboxylic acids is 1. The van der Waals surface area contributed by atoms with Crippen LogP contribution in [0.4, 0.5) is 5.69 Å². The minimum Gasteiger partial charge on any atom is -0.477 e. The van der Waals surface area contributed by atoms with Gasteiger partial charge in [-0.25, -0.2) is 4.79 Å². The summed E-state index contributed by atoms with van der Waals surface area (Å²) in [5, 5.41) is 29.8. The van der Waals surface area contributed by atoms with Crippen molar-refractivity contribution in [3.05, 3.63) is 50.5 Å². The monoisotopic (exact) mass is 364 g/mol. The van der Waals surface area contributed by atoms with Crippen LogP contribution < -0.4 is 0 Å². The second-order valence-electron chi connectivity index (χ2n) is 6.04. The average molecular weight is 364 g/mol. The molecule has 9 heteroatoms. The van der Waals surface area contributed by atoms with Gasteiger partial charge in [-0.1, -0.05) is 12.1 Å². The molecule has 132 valence electrons. The number of non-ortho nitro benzene ring substituents is 1. The van der Waals surface area contributed by atoms with Crippen molar-refractivity contribution in [2.75, 3.05) is 0 Å². The number of rotatable bonds is 6. The minimum atomic E-state index is -1.16. The second-order valence-corrected chi connectivity index (χ2v) is 7.11. The lowest BCUT2D eigenvalue weighted by molar-refractivity contribution is -0.384. The third kappa shape index (κ3) is 3.00. The van der Waals surface area contributed by atoms with Crippen molar-refractivity contribution in [3.8, 4) is 0 Å². The largest absolute Gasteiger partial charge is 0.477 e. The molecule has 0 aromatic heterocycles. The molecule has 1 aromatic carbocycles. The first kappa shape index (κ1) is 17.4. The molecule has 3 rings (SSSR count). The summed E-state index contributed by atoms with van der Waals surface area (Å²) in [6.07, 6.45) is -0.413. The SMILES string of the molecule is C[C@H](O)[C@H]1C(=O)N2C(C(=O)O)=C(SCc3ccc([N+](=O)[O-])cc3)C[C@H]12. The molecular weight excluding hydrogens is 348 g/mol. The van der Waals surface area contributed by atoms with Crippen molar-refractivity contribution in [2.24, 2.45) is 5.92 Å². The van der Waals surface area contributed by atoms with E-state index in [-0.39, 0.29) is 23.3 Å². The Morgan fingerprint density at radius 2 is 2.08 bits per heavy atom. The molecule has 1 saturated heterocycles. The van der Waals surface area contributed by atoms with Crippen LogP contribution >= 0.6 is 11.8 Å². The summed E-state index contributed by atoms with van der Waals surface area (Å²) >= 11 is 1.30. The fraction of sp³-hybridized carbons (Fsp3) is 0.375. The van der Waals surface area contributed by atoms with Gasteiger partial charge in [-0.2, -0.15) is 0 Å². The van der Waals surface area contributed by atoms with Crippen LogP contribution in [-0.4, -0.2) is 44.1 Å². The topological polar surface area (TPSA) is 121 Å². The smallest absolute Gasteiger partial charge is 0.353 e. The highest BCUT2D eigenvalue weighted by Crippen LogP contribution is 2.47. The van der Waals surface area contributed by atoms with Gasteiger partial charge in [0.25, 0.3) is 5.69 Å². The number of aliphatic carboxylic acids is 1. The standard InChI is InChI=1S/C16H16N2O6S/c1-8(19)13-11-6-12(14(16(21)22)17(11)15(13)20)25-7-9-2-4-10(5-3-9)18(23)24/h2-5,8,11,13,19H,6-7H2,1H3,(H,21,22)/t8-,11+,13+/m0/s1. The van der Waals surface area contributed by atoms with Crippen LogP contribution in [0.5, 0.6) is 0 Å². The second kappa shape index (κ2) is 6.49. The van der Waals surface area contributed by atoms with E-state index >= 15 is 0 Å². The van der Waals surface area contributed by atoms with Crippen molar-refractivity contribution in [1.82, 2.24) is 4.90 Å². The lowest BCUT2D eigenvalue weighted by Crippen LogP contribution is -2.61. The fourth-order valence-electron chi connectivity index (χ4n) is 3.24. The summed E-state index contributed by atoms with van der Waals surface area (Å²) in [5.41, 5.74) is 0.800. The summed E-state index contributed by atoms with van der Waals surface area (Å²) < 4.78 is 0. The minimum absolute atomic E-state index is 0.00501. The highest BCUT2D eigenvalue weighted by molar-refractivity contribution is 8.02. The summed E-state index contributed by atoms with van der Waals surface area (Å²) in [7, 11) is 0. The number of carboxylic acid groups (broad SMARTS) is 1. The number of nitro groups is 1. The van der Waals surface area contributed by atoms with Crippen molar-refractivity contribution < 1.29 is 24.7 Å². The van der Waals surface area contributed by atoms with E-state index in [0.29, 0.717) is 17.1 Å². The molecule has 2 heterocycles. The Hall–Kier alpha value is -2.39. The molecular formula is C16H16N2O6S. The van der Waals surface area contributed by atoms with E-state index in [1.165, 1.54) is 35.7 Å². The fourth-order valence-corrected chi connectivity index (χ4v) is 4.39. The van der Waals surface area contributed by atoms with E-state index < -0.39 is 22.9 Å². The molecule has 2 N–H and O–H groups in total. The first-order valence-corrected chi connectivity index (χ1v) is 8.63. The Kier molecular flexibility index (Phi) is 4.53. The van der Waals surface area contributed by atoms with Gasteiger partial charge in [-0.15, -0.1) is 11.8 Å². The molecule has 1 amide bonds. The Bertz CT molecular complexity index is 773. The number of benzene rings is 1. The number of aliphatic hydroxyl groups excluding tert-OH is 1. The zero-order chi connectivity index (χ0) is 18.3. The van der Waals surface area contributed by atoms with Gasteiger partial charge < -0.3 is 15.1 Å². The molecule has 0 unspecified atom stereocenters. The van der Waals surface area contributed by atoms with Crippen molar-refractivity contribution in [2.45, 2.75) is 31.2 Å². The summed E-state index contributed by atoms with van der Waals surface area (Å²) in [6, 6.07) is 5.74. The number of hydrogen-bond donors (Lipinski definition) is 2. The van der Waals surface area contributed by atoms with Crippen molar-refractivity contribution >= 4 is 29.3 Å². The maximum absolute atomic E-state index is 12.1. The number of amides is 1. The average Bonchev–Trinajstić information content (AvgIpc) is 2.87. The van der Waals surface area contributed by atoms with Crippen LogP contribution in [0.15, 0.2) is 34.9 Å². The Labute approximate surface area is 147 Å². The van der Waals surface area contributed by atoms with Crippen LogP contribution in [0, 0.1) is 16.0 Å². The van der Waals surface area contributed by atoms with Crippen LogP contribution in [0.25, 0.3) is 0 Å². The number of fused-ring (bicyclic) bond motifs is 1.